The number of para-hydroxylation sites is 2. The standard InChI is InChI=1S/C28H26N6O3/c1-16-9-10-17(2)21(13-16)33-28(35)24-25-27(32-20-8-6-5-7-19(20)31-25)34(26(24)29)30-15-18-11-12-22(36-3)23(14-18)37-4/h5-15H,29H2,1-4H3,(H,33,35)/b30-15-. The quantitative estimate of drug-likeness (QED) is 0.323. The summed E-state index contributed by atoms with van der Waals surface area (Å²) in [7, 11) is 3.14. The van der Waals surface area contributed by atoms with Gasteiger partial charge in [-0.3, -0.25) is 4.79 Å². The molecule has 0 aliphatic heterocycles. The Morgan fingerprint density at radius 3 is 2.43 bits per heavy atom. The molecule has 9 heteroatoms. The van der Waals surface area contributed by atoms with Gasteiger partial charge < -0.3 is 20.5 Å². The number of nitrogens with zero attached hydrogens (tertiary/aromatic N) is 4. The molecule has 9 nitrogen and oxygen atoms in total. The van der Waals surface area contributed by atoms with Crippen molar-refractivity contribution < 1.29 is 14.3 Å². The predicted octanol–water partition coefficient (Wildman–Crippen LogP) is 4.94. The lowest BCUT2D eigenvalue weighted by Crippen LogP contribution is -2.15. The van der Waals surface area contributed by atoms with E-state index in [0.717, 1.165) is 16.7 Å². The van der Waals surface area contributed by atoms with Gasteiger partial charge in [-0.1, -0.05) is 24.3 Å². The van der Waals surface area contributed by atoms with Crippen molar-refractivity contribution in [3.05, 3.63) is 82.9 Å². The maximum absolute atomic E-state index is 13.5. The highest BCUT2D eigenvalue weighted by atomic mass is 16.5. The highest BCUT2D eigenvalue weighted by molar-refractivity contribution is 6.16. The van der Waals surface area contributed by atoms with Gasteiger partial charge in [0.25, 0.3) is 5.91 Å². The van der Waals surface area contributed by atoms with Crippen LogP contribution in [0.4, 0.5) is 11.5 Å². The number of carbonyl (C=O) groups is 1. The van der Waals surface area contributed by atoms with E-state index in [0.29, 0.717) is 39.4 Å². The van der Waals surface area contributed by atoms with Crippen LogP contribution >= 0.6 is 0 Å². The molecule has 0 aliphatic rings. The molecule has 0 aliphatic carbocycles. The van der Waals surface area contributed by atoms with Crippen LogP contribution in [0.2, 0.25) is 0 Å². The van der Waals surface area contributed by atoms with Crippen LogP contribution in [-0.2, 0) is 0 Å². The number of anilines is 2. The Kier molecular flexibility index (Phi) is 6.19. The third-order valence-corrected chi connectivity index (χ3v) is 6.07. The van der Waals surface area contributed by atoms with E-state index in [-0.39, 0.29) is 17.3 Å². The van der Waals surface area contributed by atoms with E-state index >= 15 is 0 Å². The number of rotatable bonds is 6. The molecule has 0 saturated carbocycles. The zero-order valence-electron chi connectivity index (χ0n) is 20.9. The maximum Gasteiger partial charge on any atom is 0.261 e. The highest BCUT2D eigenvalue weighted by Crippen LogP contribution is 2.30. The molecular formula is C28H26N6O3. The molecule has 5 aromatic rings. The van der Waals surface area contributed by atoms with Crippen molar-refractivity contribution in [2.75, 3.05) is 25.3 Å². The van der Waals surface area contributed by atoms with E-state index in [2.05, 4.69) is 10.4 Å². The summed E-state index contributed by atoms with van der Waals surface area (Å²) in [6.45, 7) is 3.90. The van der Waals surface area contributed by atoms with Gasteiger partial charge in [-0.2, -0.15) is 9.78 Å². The summed E-state index contributed by atoms with van der Waals surface area (Å²) < 4.78 is 12.1. The van der Waals surface area contributed by atoms with Crippen LogP contribution in [0, 0.1) is 13.8 Å². The molecule has 3 N–H and O–H groups in total. The summed E-state index contributed by atoms with van der Waals surface area (Å²) in [4.78, 5) is 23.0. The van der Waals surface area contributed by atoms with Gasteiger partial charge in [0.1, 0.15) is 16.9 Å². The number of ether oxygens (including phenoxy) is 2. The largest absolute Gasteiger partial charge is 0.493 e. The fourth-order valence-corrected chi connectivity index (χ4v) is 4.10. The van der Waals surface area contributed by atoms with Crippen LogP contribution in [0.3, 0.4) is 0 Å². The molecular weight excluding hydrogens is 468 g/mol. The average Bonchev–Trinajstić information content (AvgIpc) is 3.17. The van der Waals surface area contributed by atoms with Crippen LogP contribution in [-0.4, -0.2) is 41.0 Å². The second kappa shape index (κ2) is 9.62. The van der Waals surface area contributed by atoms with E-state index in [4.69, 9.17) is 25.2 Å². The van der Waals surface area contributed by atoms with Crippen LogP contribution in [0.15, 0.2) is 65.8 Å². The first-order valence-electron chi connectivity index (χ1n) is 11.6. The molecule has 3 aromatic carbocycles. The van der Waals surface area contributed by atoms with Gasteiger partial charge in [0, 0.05) is 5.69 Å². The number of amides is 1. The van der Waals surface area contributed by atoms with Gasteiger partial charge in [-0.15, -0.1) is 0 Å². The molecule has 0 saturated heterocycles. The number of hydrogen-bond acceptors (Lipinski definition) is 7. The number of nitrogens with one attached hydrogen (secondary N) is 1. The van der Waals surface area contributed by atoms with Crippen molar-refractivity contribution >= 4 is 45.8 Å². The van der Waals surface area contributed by atoms with Crippen LogP contribution < -0.4 is 20.5 Å². The Hall–Kier alpha value is -4.92. The first kappa shape index (κ1) is 23.8. The third-order valence-electron chi connectivity index (χ3n) is 6.07. The number of benzene rings is 3. The van der Waals surface area contributed by atoms with Gasteiger partial charge in [0.2, 0.25) is 0 Å². The van der Waals surface area contributed by atoms with E-state index < -0.39 is 0 Å². The molecule has 2 aromatic heterocycles. The summed E-state index contributed by atoms with van der Waals surface area (Å²) in [5, 5.41) is 7.55. The summed E-state index contributed by atoms with van der Waals surface area (Å²) in [6, 6.07) is 18.7. The number of aryl methyl sites for hydroxylation is 2. The van der Waals surface area contributed by atoms with Gasteiger partial charge >= 0.3 is 0 Å². The van der Waals surface area contributed by atoms with Gasteiger partial charge in [-0.25, -0.2) is 9.97 Å². The average molecular weight is 495 g/mol. The van der Waals surface area contributed by atoms with E-state index in [1.165, 1.54) is 4.68 Å². The third kappa shape index (κ3) is 4.42. The molecule has 37 heavy (non-hydrogen) atoms. The van der Waals surface area contributed by atoms with Crippen LogP contribution in [0.1, 0.15) is 27.0 Å². The van der Waals surface area contributed by atoms with Crippen LogP contribution in [0.5, 0.6) is 11.5 Å². The predicted molar refractivity (Wildman–Crippen MR) is 146 cm³/mol. The number of nitrogens with two attached hydrogens (primary N) is 1. The minimum atomic E-state index is -0.388. The summed E-state index contributed by atoms with van der Waals surface area (Å²) in [5.74, 6) is 0.912. The summed E-state index contributed by atoms with van der Waals surface area (Å²) >= 11 is 0. The molecule has 0 spiro atoms. The molecule has 0 atom stereocenters. The van der Waals surface area contributed by atoms with Gasteiger partial charge in [-0.05, 0) is 66.9 Å². The Morgan fingerprint density at radius 1 is 0.973 bits per heavy atom. The van der Waals surface area contributed by atoms with Crippen molar-refractivity contribution in [3.8, 4) is 11.5 Å². The zero-order valence-corrected chi connectivity index (χ0v) is 20.9. The molecule has 0 unspecified atom stereocenters. The van der Waals surface area contributed by atoms with Gasteiger partial charge in [0.15, 0.2) is 17.1 Å². The second-order valence-electron chi connectivity index (χ2n) is 8.59. The number of carbonyl (C=O) groups excluding carboxylic acids is 1. The Morgan fingerprint density at radius 2 is 1.70 bits per heavy atom. The highest BCUT2D eigenvalue weighted by Gasteiger charge is 2.24. The minimum Gasteiger partial charge on any atom is -0.493 e. The van der Waals surface area contributed by atoms with E-state index in [9.17, 15) is 4.79 Å². The Bertz CT molecular complexity index is 1690. The molecule has 1 amide bonds. The topological polar surface area (TPSA) is 117 Å². The molecule has 5 rings (SSSR count). The summed E-state index contributed by atoms with van der Waals surface area (Å²) in [5.41, 5.74) is 12.2. The molecule has 0 bridgehead atoms. The van der Waals surface area contributed by atoms with Crippen molar-refractivity contribution in [2.24, 2.45) is 5.10 Å². The number of nitrogen functional groups attached to an aromatic ring is 1. The van der Waals surface area contributed by atoms with Crippen molar-refractivity contribution in [1.82, 2.24) is 14.6 Å². The first-order valence-corrected chi connectivity index (χ1v) is 11.6. The van der Waals surface area contributed by atoms with Crippen molar-refractivity contribution in [1.29, 1.82) is 0 Å². The monoisotopic (exact) mass is 494 g/mol. The smallest absolute Gasteiger partial charge is 0.261 e. The molecule has 2 heterocycles. The minimum absolute atomic E-state index is 0.129. The maximum atomic E-state index is 13.5. The lowest BCUT2D eigenvalue weighted by Gasteiger charge is -2.09. The van der Waals surface area contributed by atoms with Gasteiger partial charge in [0.05, 0.1) is 31.5 Å². The first-order chi connectivity index (χ1) is 17.9. The fraction of sp³-hybridized carbons (Fsp3) is 0.143. The SMILES string of the molecule is COc1ccc(/C=N\n2c(N)c(C(=O)Nc3cc(C)ccc3C)c3nc4ccccc4nc32)cc1OC. The van der Waals surface area contributed by atoms with Crippen molar-refractivity contribution in [3.63, 3.8) is 0 Å². The van der Waals surface area contributed by atoms with Crippen molar-refractivity contribution in [2.45, 2.75) is 13.8 Å². The number of aromatic nitrogens is 3. The fourth-order valence-electron chi connectivity index (χ4n) is 4.10. The molecule has 0 fully saturated rings. The lowest BCUT2D eigenvalue weighted by molar-refractivity contribution is 0.102. The zero-order chi connectivity index (χ0) is 26.1. The molecule has 186 valence electrons. The normalized spacial score (nSPS) is 11.4. The Labute approximate surface area is 213 Å². The number of hydrogen-bond donors (Lipinski definition) is 2. The number of methoxy groups -OCH3 is 2. The molecule has 0 radical (unpaired) electrons. The second-order valence-corrected chi connectivity index (χ2v) is 8.59. The van der Waals surface area contributed by atoms with E-state index in [1.54, 1.807) is 32.6 Å². The lowest BCUT2D eigenvalue weighted by atomic mass is 10.1. The number of fused-ring (bicyclic) bond motifs is 2. The summed E-state index contributed by atoms with van der Waals surface area (Å²) in [6.07, 6.45) is 1.61. The Balaban J connectivity index is 1.64. The van der Waals surface area contributed by atoms with E-state index in [1.807, 2.05) is 62.4 Å². The van der Waals surface area contributed by atoms with Crippen LogP contribution in [0.25, 0.3) is 22.2 Å².